The fourth-order valence-corrected chi connectivity index (χ4v) is 2.09. The zero-order valence-corrected chi connectivity index (χ0v) is 10.8. The Kier molecular flexibility index (Phi) is 3.76. The van der Waals surface area contributed by atoms with E-state index in [0.717, 1.165) is 21.8 Å². The van der Waals surface area contributed by atoms with Crippen molar-refractivity contribution in [2.75, 3.05) is 0 Å². The topological polar surface area (TPSA) is 48.1 Å². The molecule has 0 aliphatic rings. The molecule has 1 aromatic heterocycles. The van der Waals surface area contributed by atoms with Gasteiger partial charge in [-0.1, -0.05) is 12.1 Å². The van der Waals surface area contributed by atoms with E-state index in [1.807, 2.05) is 37.7 Å². The maximum Gasteiger partial charge on any atom is 0.124 e. The summed E-state index contributed by atoms with van der Waals surface area (Å²) in [6.45, 7) is 4.59. The van der Waals surface area contributed by atoms with Gasteiger partial charge in [-0.05, 0) is 31.0 Å². The highest BCUT2D eigenvalue weighted by Crippen LogP contribution is 2.23. The average Bonchev–Trinajstić information content (AvgIpc) is 2.80. The van der Waals surface area contributed by atoms with Gasteiger partial charge in [-0.15, -0.1) is 11.3 Å². The van der Waals surface area contributed by atoms with Crippen molar-refractivity contribution >= 4 is 11.3 Å². The van der Waals surface area contributed by atoms with Crippen molar-refractivity contribution in [2.45, 2.75) is 26.5 Å². The number of benzene rings is 1. The third-order valence-corrected chi connectivity index (χ3v) is 3.33. The monoisotopic (exact) mass is 248 g/mol. The molecular weight excluding hydrogens is 232 g/mol. The third kappa shape index (κ3) is 3.05. The molecule has 1 aromatic carbocycles. The Balaban J connectivity index is 2.06. The van der Waals surface area contributed by atoms with Crippen molar-refractivity contribution in [1.29, 1.82) is 0 Å². The summed E-state index contributed by atoms with van der Waals surface area (Å²) in [4.78, 5) is 5.14. The van der Waals surface area contributed by atoms with Crippen LogP contribution in [0.25, 0.3) is 0 Å². The zero-order chi connectivity index (χ0) is 12.3. The Morgan fingerprint density at radius 1 is 1.47 bits per heavy atom. The van der Waals surface area contributed by atoms with E-state index in [1.54, 1.807) is 11.3 Å². The first kappa shape index (κ1) is 12.1. The largest absolute Gasteiger partial charge is 0.488 e. The Labute approximate surface area is 105 Å². The molecule has 2 rings (SSSR count). The summed E-state index contributed by atoms with van der Waals surface area (Å²) in [5.41, 5.74) is 9.89. The Hall–Kier alpha value is -1.39. The van der Waals surface area contributed by atoms with E-state index in [4.69, 9.17) is 10.5 Å². The fraction of sp³-hybridized carbons (Fsp3) is 0.308. The lowest BCUT2D eigenvalue weighted by molar-refractivity contribution is 0.307. The highest BCUT2D eigenvalue weighted by Gasteiger charge is 2.05. The van der Waals surface area contributed by atoms with Crippen LogP contribution in [0.15, 0.2) is 29.9 Å². The fourth-order valence-electron chi connectivity index (χ4n) is 1.58. The first-order chi connectivity index (χ1) is 8.16. The molecule has 90 valence electrons. The molecule has 2 aromatic rings. The number of aryl methyl sites for hydroxylation is 1. The van der Waals surface area contributed by atoms with Crippen LogP contribution in [0.5, 0.6) is 5.75 Å². The predicted octanol–water partition coefficient (Wildman–Crippen LogP) is 3.05. The highest BCUT2D eigenvalue weighted by molar-refractivity contribution is 7.09. The molecule has 1 heterocycles. The summed E-state index contributed by atoms with van der Waals surface area (Å²) in [6, 6.07) is 6.13. The normalized spacial score (nSPS) is 12.4. The van der Waals surface area contributed by atoms with Crippen LogP contribution in [0, 0.1) is 6.92 Å². The van der Waals surface area contributed by atoms with Gasteiger partial charge in [0, 0.05) is 12.2 Å². The van der Waals surface area contributed by atoms with Crippen LogP contribution in [-0.4, -0.2) is 4.98 Å². The predicted molar refractivity (Wildman–Crippen MR) is 70.2 cm³/mol. The van der Waals surface area contributed by atoms with Crippen LogP contribution in [-0.2, 0) is 6.61 Å². The maximum absolute atomic E-state index is 5.84. The van der Waals surface area contributed by atoms with Gasteiger partial charge < -0.3 is 10.5 Å². The van der Waals surface area contributed by atoms with Gasteiger partial charge >= 0.3 is 0 Å². The molecule has 0 saturated heterocycles. The number of nitrogens with zero attached hydrogens (tertiary/aromatic N) is 1. The minimum Gasteiger partial charge on any atom is -0.488 e. The molecule has 1 atom stereocenters. The summed E-state index contributed by atoms with van der Waals surface area (Å²) in [5, 5.41) is 0. The van der Waals surface area contributed by atoms with E-state index in [1.165, 1.54) is 0 Å². The van der Waals surface area contributed by atoms with Crippen LogP contribution in [0.4, 0.5) is 0 Å². The summed E-state index contributed by atoms with van der Waals surface area (Å²) in [6.07, 6.45) is 1.83. The van der Waals surface area contributed by atoms with E-state index in [-0.39, 0.29) is 6.04 Å². The Morgan fingerprint density at radius 2 is 2.29 bits per heavy atom. The minimum absolute atomic E-state index is 0.0595. The summed E-state index contributed by atoms with van der Waals surface area (Å²) < 4.78 is 5.75. The standard InChI is InChI=1S/C13H16N2OS/c1-9-5-11(10(2)14)3-4-13(9)16-7-12-6-15-8-17-12/h3-6,8,10H,7,14H2,1-2H3/t10-/m0/s1. The molecule has 3 nitrogen and oxygen atoms in total. The summed E-state index contributed by atoms with van der Waals surface area (Å²) >= 11 is 1.60. The number of thiazole rings is 1. The Morgan fingerprint density at radius 3 is 2.88 bits per heavy atom. The van der Waals surface area contributed by atoms with E-state index < -0.39 is 0 Å². The van der Waals surface area contributed by atoms with Gasteiger partial charge in [-0.2, -0.15) is 0 Å². The van der Waals surface area contributed by atoms with Crippen molar-refractivity contribution < 1.29 is 4.74 Å². The molecule has 2 N–H and O–H groups in total. The maximum atomic E-state index is 5.84. The SMILES string of the molecule is Cc1cc([C@H](C)N)ccc1OCc1cncs1. The van der Waals surface area contributed by atoms with Crippen molar-refractivity contribution in [3.05, 3.63) is 45.9 Å². The van der Waals surface area contributed by atoms with E-state index in [0.29, 0.717) is 6.61 Å². The number of hydrogen-bond donors (Lipinski definition) is 1. The molecule has 0 unspecified atom stereocenters. The van der Waals surface area contributed by atoms with Crippen LogP contribution in [0.3, 0.4) is 0 Å². The first-order valence-electron chi connectivity index (χ1n) is 5.53. The molecule has 17 heavy (non-hydrogen) atoms. The van der Waals surface area contributed by atoms with Crippen LogP contribution >= 0.6 is 11.3 Å². The van der Waals surface area contributed by atoms with Gasteiger partial charge in [0.1, 0.15) is 12.4 Å². The molecule has 0 aliphatic carbocycles. The van der Waals surface area contributed by atoms with Gasteiger partial charge in [-0.3, -0.25) is 4.98 Å². The molecular formula is C13H16N2OS. The number of aromatic nitrogens is 1. The third-order valence-electron chi connectivity index (χ3n) is 2.58. The van der Waals surface area contributed by atoms with Crippen molar-refractivity contribution in [3.8, 4) is 5.75 Å². The van der Waals surface area contributed by atoms with Crippen LogP contribution in [0.1, 0.15) is 29.0 Å². The summed E-state index contributed by atoms with van der Waals surface area (Å²) in [5.74, 6) is 0.905. The van der Waals surface area contributed by atoms with Crippen LogP contribution in [0.2, 0.25) is 0 Å². The second-order valence-corrected chi connectivity index (χ2v) is 5.04. The second-order valence-electron chi connectivity index (χ2n) is 4.07. The molecule has 0 aliphatic heterocycles. The zero-order valence-electron chi connectivity index (χ0n) is 10.0. The minimum atomic E-state index is 0.0595. The van der Waals surface area contributed by atoms with Gasteiger partial charge in [0.05, 0.1) is 10.4 Å². The number of ether oxygens (including phenoxy) is 1. The van der Waals surface area contributed by atoms with Crippen LogP contribution < -0.4 is 10.5 Å². The lowest BCUT2D eigenvalue weighted by Gasteiger charge is -2.11. The lowest BCUT2D eigenvalue weighted by atomic mass is 10.1. The van der Waals surface area contributed by atoms with Gasteiger partial charge in [0.25, 0.3) is 0 Å². The van der Waals surface area contributed by atoms with Crippen molar-refractivity contribution in [2.24, 2.45) is 5.73 Å². The Bertz CT molecular complexity index is 480. The lowest BCUT2D eigenvalue weighted by Crippen LogP contribution is -2.05. The quantitative estimate of drug-likeness (QED) is 0.904. The van der Waals surface area contributed by atoms with E-state index >= 15 is 0 Å². The van der Waals surface area contributed by atoms with E-state index in [2.05, 4.69) is 11.1 Å². The second kappa shape index (κ2) is 5.29. The molecule has 0 bridgehead atoms. The molecule has 0 saturated carbocycles. The molecule has 4 heteroatoms. The number of hydrogen-bond acceptors (Lipinski definition) is 4. The molecule has 0 fully saturated rings. The van der Waals surface area contributed by atoms with Crippen molar-refractivity contribution in [3.63, 3.8) is 0 Å². The molecule has 0 radical (unpaired) electrons. The smallest absolute Gasteiger partial charge is 0.124 e. The highest BCUT2D eigenvalue weighted by atomic mass is 32.1. The summed E-state index contributed by atoms with van der Waals surface area (Å²) in [7, 11) is 0. The number of rotatable bonds is 4. The van der Waals surface area contributed by atoms with Crippen molar-refractivity contribution in [1.82, 2.24) is 4.98 Å². The average molecular weight is 248 g/mol. The molecule has 0 spiro atoms. The van der Waals surface area contributed by atoms with E-state index in [9.17, 15) is 0 Å². The number of nitrogens with two attached hydrogens (primary N) is 1. The van der Waals surface area contributed by atoms with Gasteiger partial charge in [-0.25, -0.2) is 0 Å². The molecule has 0 amide bonds. The van der Waals surface area contributed by atoms with Gasteiger partial charge in [0.2, 0.25) is 0 Å². The van der Waals surface area contributed by atoms with Gasteiger partial charge in [0.15, 0.2) is 0 Å². The first-order valence-corrected chi connectivity index (χ1v) is 6.41.